The van der Waals surface area contributed by atoms with Crippen molar-refractivity contribution in [3.05, 3.63) is 58.2 Å². The smallest absolute Gasteiger partial charge is 0.206 e. The van der Waals surface area contributed by atoms with Crippen LogP contribution in [0.1, 0.15) is 40.3 Å². The Morgan fingerprint density at radius 1 is 1.33 bits per heavy atom. The summed E-state index contributed by atoms with van der Waals surface area (Å²) < 4.78 is 13.7. The van der Waals surface area contributed by atoms with Crippen molar-refractivity contribution in [3.8, 4) is 0 Å². The van der Waals surface area contributed by atoms with Gasteiger partial charge >= 0.3 is 0 Å². The highest BCUT2D eigenvalue weighted by Gasteiger charge is 2.29. The molecule has 0 radical (unpaired) electrons. The van der Waals surface area contributed by atoms with Gasteiger partial charge in [-0.15, -0.1) is 0 Å². The summed E-state index contributed by atoms with van der Waals surface area (Å²) in [6.45, 7) is 3.92. The Morgan fingerprint density at radius 3 is 2.88 bits per heavy atom. The first-order valence-corrected chi connectivity index (χ1v) is 7.70. The maximum Gasteiger partial charge on any atom is 0.206 e. The van der Waals surface area contributed by atoms with Crippen LogP contribution in [0.2, 0.25) is 0 Å². The number of benzene rings is 1. The first kappa shape index (κ1) is 16.0. The van der Waals surface area contributed by atoms with Crippen LogP contribution >= 0.6 is 0 Å². The second-order valence-electron chi connectivity index (χ2n) is 6.04. The number of halogens is 1. The molecule has 0 bridgehead atoms. The van der Waals surface area contributed by atoms with Gasteiger partial charge in [0.15, 0.2) is 0 Å². The molecule has 0 amide bonds. The van der Waals surface area contributed by atoms with E-state index in [4.69, 9.17) is 11.1 Å². The van der Waals surface area contributed by atoms with Crippen LogP contribution in [0.15, 0.2) is 29.5 Å². The molecular formula is C17H19FN6. The van der Waals surface area contributed by atoms with Gasteiger partial charge < -0.3 is 5.73 Å². The van der Waals surface area contributed by atoms with E-state index >= 15 is 0 Å². The van der Waals surface area contributed by atoms with Crippen LogP contribution in [0.3, 0.4) is 0 Å². The Labute approximate surface area is 139 Å². The molecule has 0 spiro atoms. The fourth-order valence-electron chi connectivity index (χ4n) is 3.21. The number of nitrogens with zero attached hydrogens (tertiary/aromatic N) is 3. The zero-order valence-electron chi connectivity index (χ0n) is 13.6. The average Bonchev–Trinajstić information content (AvgIpc) is 2.54. The van der Waals surface area contributed by atoms with E-state index in [0.29, 0.717) is 12.8 Å². The van der Waals surface area contributed by atoms with Crippen molar-refractivity contribution < 1.29 is 4.39 Å². The van der Waals surface area contributed by atoms with Gasteiger partial charge in [0, 0.05) is 5.56 Å². The van der Waals surface area contributed by atoms with Crippen molar-refractivity contribution in [2.45, 2.75) is 32.6 Å². The number of fused-ring (bicyclic) bond motifs is 1. The minimum absolute atomic E-state index is 0.0526. The number of aromatic nitrogens is 2. The van der Waals surface area contributed by atoms with E-state index in [-0.39, 0.29) is 17.7 Å². The summed E-state index contributed by atoms with van der Waals surface area (Å²) in [6.07, 6.45) is 2.98. The van der Waals surface area contributed by atoms with Crippen LogP contribution in [-0.4, -0.2) is 21.9 Å². The maximum atomic E-state index is 13.7. The Balaban J connectivity index is 2.06. The molecule has 2 aromatic rings. The number of hydrazone groups is 1. The van der Waals surface area contributed by atoms with E-state index in [2.05, 4.69) is 20.7 Å². The summed E-state index contributed by atoms with van der Waals surface area (Å²) in [7, 11) is 0. The van der Waals surface area contributed by atoms with Gasteiger partial charge in [0.05, 0.1) is 17.6 Å². The first-order chi connectivity index (χ1) is 11.5. The molecule has 0 saturated heterocycles. The van der Waals surface area contributed by atoms with Gasteiger partial charge in [0.25, 0.3) is 0 Å². The zero-order valence-corrected chi connectivity index (χ0v) is 13.6. The Morgan fingerprint density at radius 2 is 2.12 bits per heavy atom. The second-order valence-corrected chi connectivity index (χ2v) is 6.04. The standard InChI is InChI=1S/C17H19FN6/c1-9-3-4-12(18)7-13(9)11-5-14-16(10(2)8-21-22-14)15(6-11)23-24-17(19)20/h3-4,7-8,11H,5-6H2,1-2H3,(H4,19,20,24)/b23-15+. The SMILES string of the molecule is Cc1ccc(F)cc1C1C/C(=N\NC(=N)N)c2c(C)cnnc2C1. The first-order valence-electron chi connectivity index (χ1n) is 7.70. The molecule has 1 atom stereocenters. The number of guanidine groups is 1. The molecule has 0 saturated carbocycles. The van der Waals surface area contributed by atoms with Gasteiger partial charge in [-0.25, -0.2) is 9.82 Å². The van der Waals surface area contributed by atoms with Gasteiger partial charge in [0.1, 0.15) is 5.82 Å². The summed E-state index contributed by atoms with van der Waals surface area (Å²) in [5.41, 5.74) is 13.3. The van der Waals surface area contributed by atoms with Crippen LogP contribution in [0.25, 0.3) is 0 Å². The lowest BCUT2D eigenvalue weighted by atomic mass is 9.79. The molecule has 1 aliphatic rings. The molecule has 0 fully saturated rings. The normalized spacial score (nSPS) is 18.3. The molecule has 4 N–H and O–H groups in total. The highest BCUT2D eigenvalue weighted by molar-refractivity contribution is 6.04. The van der Waals surface area contributed by atoms with Crippen LogP contribution in [0.4, 0.5) is 4.39 Å². The molecule has 124 valence electrons. The highest BCUT2D eigenvalue weighted by atomic mass is 19.1. The molecular weight excluding hydrogens is 307 g/mol. The fourth-order valence-corrected chi connectivity index (χ4v) is 3.21. The molecule has 1 aliphatic carbocycles. The predicted molar refractivity (Wildman–Crippen MR) is 90.6 cm³/mol. The second kappa shape index (κ2) is 6.35. The molecule has 0 aliphatic heterocycles. The van der Waals surface area contributed by atoms with Gasteiger partial charge in [-0.1, -0.05) is 6.07 Å². The van der Waals surface area contributed by atoms with Crippen molar-refractivity contribution in [2.24, 2.45) is 10.8 Å². The Hall–Kier alpha value is -2.83. The summed E-state index contributed by atoms with van der Waals surface area (Å²) >= 11 is 0. The number of aryl methyl sites for hydroxylation is 2. The number of nitrogens with one attached hydrogen (secondary N) is 2. The lowest BCUT2D eigenvalue weighted by molar-refractivity contribution is 0.610. The summed E-state index contributed by atoms with van der Waals surface area (Å²) in [5, 5.41) is 19.9. The Bertz CT molecular complexity index is 830. The third-order valence-electron chi connectivity index (χ3n) is 4.27. The van der Waals surface area contributed by atoms with Crippen molar-refractivity contribution in [1.29, 1.82) is 5.41 Å². The fraction of sp³-hybridized carbons (Fsp3) is 0.294. The van der Waals surface area contributed by atoms with E-state index in [1.807, 2.05) is 13.8 Å². The minimum Gasteiger partial charge on any atom is -0.369 e. The van der Waals surface area contributed by atoms with E-state index in [9.17, 15) is 4.39 Å². The van der Waals surface area contributed by atoms with Crippen molar-refractivity contribution in [2.75, 3.05) is 0 Å². The number of rotatable bonds is 2. The average molecular weight is 326 g/mol. The topological polar surface area (TPSA) is 100 Å². The molecule has 7 heteroatoms. The zero-order chi connectivity index (χ0) is 17.3. The largest absolute Gasteiger partial charge is 0.369 e. The molecule has 1 aromatic heterocycles. The van der Waals surface area contributed by atoms with Crippen LogP contribution in [0.5, 0.6) is 0 Å². The predicted octanol–water partition coefficient (Wildman–Crippen LogP) is 2.15. The summed E-state index contributed by atoms with van der Waals surface area (Å²) in [5.74, 6) is -0.429. The van der Waals surface area contributed by atoms with Gasteiger partial charge in [0.2, 0.25) is 5.96 Å². The lowest BCUT2D eigenvalue weighted by Gasteiger charge is -2.27. The number of nitrogens with two attached hydrogens (primary N) is 1. The molecule has 1 unspecified atom stereocenters. The summed E-state index contributed by atoms with van der Waals surface area (Å²) in [4.78, 5) is 0. The monoisotopic (exact) mass is 326 g/mol. The van der Waals surface area contributed by atoms with E-state index in [0.717, 1.165) is 33.7 Å². The minimum atomic E-state index is -0.253. The number of hydrogen-bond acceptors (Lipinski definition) is 4. The van der Waals surface area contributed by atoms with Gasteiger partial charge in [-0.05, 0) is 61.4 Å². The molecule has 6 nitrogen and oxygen atoms in total. The highest BCUT2D eigenvalue weighted by Crippen LogP contribution is 2.34. The number of hydrogen-bond donors (Lipinski definition) is 3. The van der Waals surface area contributed by atoms with Crippen molar-refractivity contribution >= 4 is 11.7 Å². The third-order valence-corrected chi connectivity index (χ3v) is 4.27. The molecule has 3 rings (SSSR count). The maximum absolute atomic E-state index is 13.7. The quantitative estimate of drug-likeness (QED) is 0.447. The van der Waals surface area contributed by atoms with E-state index in [1.54, 1.807) is 18.3 Å². The Kier molecular flexibility index (Phi) is 4.24. The van der Waals surface area contributed by atoms with Crippen molar-refractivity contribution in [3.63, 3.8) is 0 Å². The van der Waals surface area contributed by atoms with Crippen LogP contribution in [-0.2, 0) is 6.42 Å². The summed E-state index contributed by atoms with van der Waals surface area (Å²) in [6, 6.07) is 4.82. The van der Waals surface area contributed by atoms with Gasteiger partial charge in [-0.2, -0.15) is 15.3 Å². The molecule has 1 heterocycles. The van der Waals surface area contributed by atoms with Crippen LogP contribution < -0.4 is 11.2 Å². The lowest BCUT2D eigenvalue weighted by Crippen LogP contribution is -2.30. The van der Waals surface area contributed by atoms with Gasteiger partial charge in [-0.3, -0.25) is 5.41 Å². The molecule has 24 heavy (non-hydrogen) atoms. The van der Waals surface area contributed by atoms with E-state index < -0.39 is 0 Å². The van der Waals surface area contributed by atoms with Crippen molar-refractivity contribution in [1.82, 2.24) is 15.6 Å². The van der Waals surface area contributed by atoms with Crippen LogP contribution in [0, 0.1) is 25.1 Å². The van der Waals surface area contributed by atoms with E-state index in [1.165, 1.54) is 6.07 Å². The third kappa shape index (κ3) is 3.10. The molecule has 1 aromatic carbocycles.